The molecule has 2 aromatic rings. The van der Waals surface area contributed by atoms with Gasteiger partial charge in [0, 0.05) is 18.7 Å². The van der Waals surface area contributed by atoms with Gasteiger partial charge in [-0.1, -0.05) is 45.0 Å². The second-order valence-corrected chi connectivity index (χ2v) is 10.3. The van der Waals surface area contributed by atoms with Gasteiger partial charge in [0.25, 0.3) is 11.8 Å². The van der Waals surface area contributed by atoms with Gasteiger partial charge >= 0.3 is 5.97 Å². The SMILES string of the molecule is CC(C)(C)c1ccc(C(=O)NCCC(=O)OCC(=O)NCCc2ccc(S(N)(=O)=O)cc2)cc1. The summed E-state index contributed by atoms with van der Waals surface area (Å²) in [6.45, 7) is 6.22. The number of benzene rings is 2. The van der Waals surface area contributed by atoms with Crippen LogP contribution in [0.1, 0.15) is 48.7 Å². The molecule has 4 N–H and O–H groups in total. The topological polar surface area (TPSA) is 145 Å². The van der Waals surface area contributed by atoms with Gasteiger partial charge in [0.15, 0.2) is 6.61 Å². The van der Waals surface area contributed by atoms with Crippen LogP contribution in [0.2, 0.25) is 0 Å². The van der Waals surface area contributed by atoms with Crippen LogP contribution in [0.25, 0.3) is 0 Å². The van der Waals surface area contributed by atoms with Crippen molar-refractivity contribution in [3.63, 3.8) is 0 Å². The van der Waals surface area contributed by atoms with E-state index in [4.69, 9.17) is 9.88 Å². The van der Waals surface area contributed by atoms with Crippen LogP contribution in [0, 0.1) is 0 Å². The third kappa shape index (κ3) is 8.95. The predicted octanol–water partition coefficient (Wildman–Crippen LogP) is 1.65. The normalized spacial score (nSPS) is 11.5. The summed E-state index contributed by atoms with van der Waals surface area (Å²) < 4.78 is 27.4. The molecule has 2 amide bonds. The number of hydrogen-bond acceptors (Lipinski definition) is 6. The van der Waals surface area contributed by atoms with E-state index in [0.29, 0.717) is 12.0 Å². The Balaban J connectivity index is 1.63. The van der Waals surface area contributed by atoms with E-state index in [0.717, 1.165) is 11.1 Å². The molecular weight excluding hydrogens is 458 g/mol. The van der Waals surface area contributed by atoms with Crippen LogP contribution in [0.5, 0.6) is 0 Å². The Hall–Kier alpha value is -3.24. The standard InChI is InChI=1S/C24H31N3O6S/c1-24(2,3)19-8-6-18(7-9-19)23(30)27-15-13-22(29)33-16-21(28)26-14-12-17-4-10-20(11-5-17)34(25,31)32/h4-11H,12-16H2,1-3H3,(H,26,28)(H,27,30)(H2,25,31,32). The average Bonchev–Trinajstić information content (AvgIpc) is 2.77. The molecule has 0 bridgehead atoms. The highest BCUT2D eigenvalue weighted by molar-refractivity contribution is 7.89. The fourth-order valence-electron chi connectivity index (χ4n) is 2.96. The van der Waals surface area contributed by atoms with Crippen molar-refractivity contribution in [1.29, 1.82) is 0 Å². The highest BCUT2D eigenvalue weighted by Crippen LogP contribution is 2.22. The van der Waals surface area contributed by atoms with Crippen molar-refractivity contribution < 1.29 is 27.5 Å². The van der Waals surface area contributed by atoms with Crippen molar-refractivity contribution in [2.75, 3.05) is 19.7 Å². The van der Waals surface area contributed by atoms with Gasteiger partial charge in [-0.15, -0.1) is 0 Å². The number of carbonyl (C=O) groups is 3. The number of nitrogens with one attached hydrogen (secondary N) is 2. The van der Waals surface area contributed by atoms with Crippen LogP contribution in [0.4, 0.5) is 0 Å². The summed E-state index contributed by atoms with van der Waals surface area (Å²) in [4.78, 5) is 35.9. The fraction of sp³-hybridized carbons (Fsp3) is 0.375. The van der Waals surface area contributed by atoms with Crippen LogP contribution in [0.3, 0.4) is 0 Å². The Morgan fingerprint density at radius 3 is 2.09 bits per heavy atom. The van der Waals surface area contributed by atoms with Crippen molar-refractivity contribution in [3.05, 3.63) is 65.2 Å². The molecular formula is C24H31N3O6S. The first-order chi connectivity index (χ1) is 15.9. The minimum Gasteiger partial charge on any atom is -0.456 e. The predicted molar refractivity (Wildman–Crippen MR) is 128 cm³/mol. The van der Waals surface area contributed by atoms with Gasteiger partial charge in [-0.05, 0) is 47.2 Å². The van der Waals surface area contributed by atoms with Crippen molar-refractivity contribution in [2.45, 2.75) is 43.9 Å². The maximum Gasteiger partial charge on any atom is 0.308 e. The summed E-state index contributed by atoms with van der Waals surface area (Å²) in [5, 5.41) is 10.3. The molecule has 0 saturated carbocycles. The molecule has 2 aromatic carbocycles. The van der Waals surface area contributed by atoms with Crippen molar-refractivity contribution in [2.24, 2.45) is 5.14 Å². The van der Waals surface area contributed by atoms with Crippen LogP contribution < -0.4 is 15.8 Å². The summed E-state index contributed by atoms with van der Waals surface area (Å²) in [7, 11) is -3.74. The van der Waals surface area contributed by atoms with Crippen LogP contribution in [-0.4, -0.2) is 45.9 Å². The highest BCUT2D eigenvalue weighted by Gasteiger charge is 2.15. The largest absolute Gasteiger partial charge is 0.456 e. The third-order valence-electron chi connectivity index (χ3n) is 4.98. The smallest absolute Gasteiger partial charge is 0.308 e. The Kier molecular flexibility index (Phi) is 9.34. The molecule has 9 nitrogen and oxygen atoms in total. The number of carbonyl (C=O) groups excluding carboxylic acids is 3. The van der Waals surface area contributed by atoms with E-state index in [9.17, 15) is 22.8 Å². The molecule has 2 rings (SSSR count). The molecule has 0 aliphatic rings. The first kappa shape index (κ1) is 27.0. The Bertz CT molecular complexity index is 1100. The summed E-state index contributed by atoms with van der Waals surface area (Å²) in [5.74, 6) is -1.35. The lowest BCUT2D eigenvalue weighted by Crippen LogP contribution is -2.31. The van der Waals surface area contributed by atoms with E-state index in [1.807, 2.05) is 12.1 Å². The van der Waals surface area contributed by atoms with Gasteiger partial charge < -0.3 is 15.4 Å². The number of hydrogen-bond donors (Lipinski definition) is 3. The summed E-state index contributed by atoms with van der Waals surface area (Å²) in [6.07, 6.45) is 0.406. The van der Waals surface area contributed by atoms with Gasteiger partial charge in [-0.2, -0.15) is 0 Å². The van der Waals surface area contributed by atoms with Gasteiger partial charge in [0.05, 0.1) is 11.3 Å². The third-order valence-corrected chi connectivity index (χ3v) is 5.91. The van der Waals surface area contributed by atoms with E-state index < -0.39 is 28.5 Å². The zero-order valence-electron chi connectivity index (χ0n) is 19.6. The minimum atomic E-state index is -3.74. The second kappa shape index (κ2) is 11.8. The molecule has 0 fully saturated rings. The summed E-state index contributed by atoms with van der Waals surface area (Å²) in [5.41, 5.74) is 2.42. The molecule has 0 atom stereocenters. The molecule has 0 spiro atoms. The van der Waals surface area contributed by atoms with Crippen molar-refractivity contribution >= 4 is 27.8 Å². The molecule has 0 radical (unpaired) electrons. The lowest BCUT2D eigenvalue weighted by atomic mass is 9.87. The molecule has 0 heterocycles. The zero-order valence-corrected chi connectivity index (χ0v) is 20.4. The summed E-state index contributed by atoms with van der Waals surface area (Å²) in [6, 6.07) is 13.3. The van der Waals surface area contributed by atoms with E-state index >= 15 is 0 Å². The van der Waals surface area contributed by atoms with E-state index in [2.05, 4.69) is 31.4 Å². The van der Waals surface area contributed by atoms with Gasteiger partial charge in [0.2, 0.25) is 10.0 Å². The zero-order chi connectivity index (χ0) is 25.4. The first-order valence-corrected chi connectivity index (χ1v) is 12.3. The Morgan fingerprint density at radius 2 is 1.53 bits per heavy atom. The second-order valence-electron chi connectivity index (χ2n) is 8.78. The lowest BCUT2D eigenvalue weighted by molar-refractivity contribution is -0.148. The lowest BCUT2D eigenvalue weighted by Gasteiger charge is -2.19. The maximum absolute atomic E-state index is 12.2. The number of sulfonamides is 1. The molecule has 0 unspecified atom stereocenters. The van der Waals surface area contributed by atoms with Gasteiger partial charge in [0.1, 0.15) is 0 Å². The maximum atomic E-state index is 12.2. The highest BCUT2D eigenvalue weighted by atomic mass is 32.2. The molecule has 34 heavy (non-hydrogen) atoms. The fourth-order valence-corrected chi connectivity index (χ4v) is 3.48. The van der Waals surface area contributed by atoms with Crippen LogP contribution in [-0.2, 0) is 36.2 Å². The number of primary sulfonamides is 1. The first-order valence-electron chi connectivity index (χ1n) is 10.8. The molecule has 0 saturated heterocycles. The Labute approximate surface area is 200 Å². The van der Waals surface area contributed by atoms with E-state index in [-0.39, 0.29) is 35.7 Å². The number of amides is 2. The quantitative estimate of drug-likeness (QED) is 0.433. The van der Waals surface area contributed by atoms with Gasteiger partial charge in [-0.3, -0.25) is 14.4 Å². The van der Waals surface area contributed by atoms with Crippen LogP contribution in [0.15, 0.2) is 53.4 Å². The molecule has 10 heteroatoms. The summed E-state index contributed by atoms with van der Waals surface area (Å²) >= 11 is 0. The van der Waals surface area contributed by atoms with Crippen LogP contribution >= 0.6 is 0 Å². The number of ether oxygens (including phenoxy) is 1. The van der Waals surface area contributed by atoms with E-state index in [1.54, 1.807) is 24.3 Å². The minimum absolute atomic E-state index is 0.00741. The van der Waals surface area contributed by atoms with Gasteiger partial charge in [-0.25, -0.2) is 13.6 Å². The number of nitrogens with two attached hydrogens (primary N) is 1. The molecule has 0 aromatic heterocycles. The molecule has 0 aliphatic heterocycles. The van der Waals surface area contributed by atoms with Crippen molar-refractivity contribution in [3.8, 4) is 0 Å². The van der Waals surface area contributed by atoms with E-state index in [1.165, 1.54) is 12.1 Å². The van der Waals surface area contributed by atoms with Crippen molar-refractivity contribution in [1.82, 2.24) is 10.6 Å². The number of rotatable bonds is 10. The molecule has 184 valence electrons. The molecule has 0 aliphatic carbocycles. The Morgan fingerprint density at radius 1 is 0.912 bits per heavy atom. The monoisotopic (exact) mass is 489 g/mol. The number of esters is 1. The average molecular weight is 490 g/mol.